The number of nitrogens with two attached hydrogens (primary N) is 1. The van der Waals surface area contributed by atoms with Gasteiger partial charge in [0.2, 0.25) is 0 Å². The molecule has 0 aromatic carbocycles. The average molecular weight is 202 g/mol. The van der Waals surface area contributed by atoms with Crippen molar-refractivity contribution in [1.29, 1.82) is 0 Å². The van der Waals surface area contributed by atoms with Gasteiger partial charge in [-0.2, -0.15) is 0 Å². The maximum Gasteiger partial charge on any atom is 0.106 e. The molecule has 78 valence electrons. The van der Waals surface area contributed by atoms with E-state index in [1.54, 1.807) is 12.4 Å². The first-order chi connectivity index (χ1) is 7.18. The summed E-state index contributed by atoms with van der Waals surface area (Å²) >= 11 is 0. The van der Waals surface area contributed by atoms with E-state index < -0.39 is 0 Å². The topological polar surface area (TPSA) is 52.0 Å². The number of hydrogen-bond donors (Lipinski definition) is 1. The van der Waals surface area contributed by atoms with Gasteiger partial charge in [0.25, 0.3) is 0 Å². The van der Waals surface area contributed by atoms with Crippen molar-refractivity contribution in [2.75, 3.05) is 0 Å². The Balaban J connectivity index is 2.36. The molecule has 0 spiro atoms. The number of furan rings is 1. The van der Waals surface area contributed by atoms with Crippen molar-refractivity contribution in [2.24, 2.45) is 5.73 Å². The third-order valence-corrected chi connectivity index (χ3v) is 2.48. The van der Waals surface area contributed by atoms with Crippen molar-refractivity contribution in [1.82, 2.24) is 4.98 Å². The molecule has 0 aliphatic carbocycles. The first kappa shape index (κ1) is 9.93. The van der Waals surface area contributed by atoms with Gasteiger partial charge in [0.05, 0.1) is 6.04 Å². The van der Waals surface area contributed by atoms with Crippen LogP contribution in [0.2, 0.25) is 0 Å². The Labute approximate surface area is 88.9 Å². The monoisotopic (exact) mass is 202 g/mol. The number of aryl methyl sites for hydroxylation is 2. The van der Waals surface area contributed by atoms with Gasteiger partial charge >= 0.3 is 0 Å². The van der Waals surface area contributed by atoms with Crippen molar-refractivity contribution in [2.45, 2.75) is 19.9 Å². The average Bonchev–Trinajstić information content (AvgIpc) is 2.58. The van der Waals surface area contributed by atoms with Crippen molar-refractivity contribution in [3.05, 3.63) is 53.2 Å². The highest BCUT2D eigenvalue weighted by Gasteiger charge is 2.14. The lowest BCUT2D eigenvalue weighted by Gasteiger charge is -2.10. The molecule has 0 saturated carbocycles. The molecule has 0 fully saturated rings. The number of aromatic nitrogens is 1. The molecule has 2 aromatic rings. The molecule has 3 heteroatoms. The molecule has 15 heavy (non-hydrogen) atoms. The molecule has 2 heterocycles. The quantitative estimate of drug-likeness (QED) is 0.813. The van der Waals surface area contributed by atoms with Crippen LogP contribution in [0, 0.1) is 13.8 Å². The zero-order valence-corrected chi connectivity index (χ0v) is 8.90. The van der Waals surface area contributed by atoms with Gasteiger partial charge in [0.15, 0.2) is 0 Å². The summed E-state index contributed by atoms with van der Waals surface area (Å²) in [6, 6.07) is 5.70. The molecule has 3 nitrogen and oxygen atoms in total. The molecular formula is C12H14N2O. The van der Waals surface area contributed by atoms with Crippen LogP contribution in [-0.4, -0.2) is 4.98 Å². The second kappa shape index (κ2) is 3.87. The van der Waals surface area contributed by atoms with Crippen LogP contribution in [-0.2, 0) is 0 Å². The molecule has 2 aromatic heterocycles. The summed E-state index contributed by atoms with van der Waals surface area (Å²) in [6.45, 7) is 3.86. The molecular weight excluding hydrogens is 188 g/mol. The number of hydrogen-bond acceptors (Lipinski definition) is 3. The Morgan fingerprint density at radius 2 is 1.93 bits per heavy atom. The predicted molar refractivity (Wildman–Crippen MR) is 58.4 cm³/mol. The van der Waals surface area contributed by atoms with Crippen LogP contribution in [0.1, 0.15) is 28.7 Å². The van der Waals surface area contributed by atoms with Gasteiger partial charge in [0, 0.05) is 18.0 Å². The van der Waals surface area contributed by atoms with Crippen LogP contribution in [0.5, 0.6) is 0 Å². The largest absolute Gasteiger partial charge is 0.466 e. The van der Waals surface area contributed by atoms with E-state index in [0.29, 0.717) is 0 Å². The van der Waals surface area contributed by atoms with Crippen LogP contribution in [0.15, 0.2) is 35.0 Å². The fraction of sp³-hybridized carbons (Fsp3) is 0.250. The lowest BCUT2D eigenvalue weighted by atomic mass is 10.0. The molecule has 1 atom stereocenters. The number of nitrogens with zero attached hydrogens (tertiary/aromatic N) is 1. The van der Waals surface area contributed by atoms with Crippen LogP contribution in [0.25, 0.3) is 0 Å². The van der Waals surface area contributed by atoms with E-state index in [9.17, 15) is 0 Å². The summed E-state index contributed by atoms with van der Waals surface area (Å²) < 4.78 is 5.46. The van der Waals surface area contributed by atoms with Gasteiger partial charge in [-0.25, -0.2) is 0 Å². The smallest absolute Gasteiger partial charge is 0.106 e. The van der Waals surface area contributed by atoms with Crippen molar-refractivity contribution in [3.8, 4) is 0 Å². The third-order valence-electron chi connectivity index (χ3n) is 2.48. The van der Waals surface area contributed by atoms with Gasteiger partial charge in [-0.15, -0.1) is 0 Å². The van der Waals surface area contributed by atoms with Gasteiger partial charge in [0.1, 0.15) is 11.5 Å². The summed E-state index contributed by atoms with van der Waals surface area (Å²) in [5.41, 5.74) is 8.23. The summed E-state index contributed by atoms with van der Waals surface area (Å²) in [5.74, 6) is 1.78. The Morgan fingerprint density at radius 3 is 2.47 bits per heavy atom. The van der Waals surface area contributed by atoms with E-state index in [-0.39, 0.29) is 6.04 Å². The summed E-state index contributed by atoms with van der Waals surface area (Å²) in [4.78, 5) is 3.97. The molecule has 2 N–H and O–H groups in total. The zero-order chi connectivity index (χ0) is 10.8. The van der Waals surface area contributed by atoms with E-state index in [2.05, 4.69) is 4.98 Å². The van der Waals surface area contributed by atoms with Crippen LogP contribution in [0.4, 0.5) is 0 Å². The van der Waals surface area contributed by atoms with Crippen LogP contribution < -0.4 is 5.73 Å². The highest BCUT2D eigenvalue weighted by molar-refractivity contribution is 5.32. The summed E-state index contributed by atoms with van der Waals surface area (Å²) in [5, 5.41) is 0. The summed E-state index contributed by atoms with van der Waals surface area (Å²) in [7, 11) is 0. The van der Waals surface area contributed by atoms with E-state index in [0.717, 1.165) is 22.6 Å². The van der Waals surface area contributed by atoms with Gasteiger partial charge < -0.3 is 10.2 Å². The van der Waals surface area contributed by atoms with Gasteiger partial charge in [-0.1, -0.05) is 0 Å². The number of rotatable bonds is 2. The molecule has 0 aliphatic rings. The van der Waals surface area contributed by atoms with Crippen LogP contribution in [0.3, 0.4) is 0 Å². The minimum absolute atomic E-state index is 0.134. The maximum atomic E-state index is 6.14. The van der Waals surface area contributed by atoms with Crippen molar-refractivity contribution in [3.63, 3.8) is 0 Å². The first-order valence-electron chi connectivity index (χ1n) is 4.91. The minimum atomic E-state index is -0.134. The van der Waals surface area contributed by atoms with E-state index >= 15 is 0 Å². The Hall–Kier alpha value is -1.61. The van der Waals surface area contributed by atoms with Crippen molar-refractivity contribution >= 4 is 0 Å². The zero-order valence-electron chi connectivity index (χ0n) is 8.90. The highest BCUT2D eigenvalue weighted by Crippen LogP contribution is 2.24. The fourth-order valence-corrected chi connectivity index (χ4v) is 1.71. The number of pyridine rings is 1. The summed E-state index contributed by atoms with van der Waals surface area (Å²) in [6.07, 6.45) is 3.49. The van der Waals surface area contributed by atoms with E-state index in [1.165, 1.54) is 0 Å². The van der Waals surface area contributed by atoms with Crippen molar-refractivity contribution < 1.29 is 4.42 Å². The third kappa shape index (κ3) is 1.92. The van der Waals surface area contributed by atoms with Crippen LogP contribution >= 0.6 is 0 Å². The second-order valence-corrected chi connectivity index (χ2v) is 3.63. The SMILES string of the molecule is Cc1cc(C(N)c2ccncc2)c(C)o1. The molecule has 0 bridgehead atoms. The van der Waals surface area contributed by atoms with Gasteiger partial charge in [-0.05, 0) is 37.6 Å². The lowest BCUT2D eigenvalue weighted by molar-refractivity contribution is 0.499. The molecule has 1 unspecified atom stereocenters. The van der Waals surface area contributed by atoms with E-state index in [1.807, 2.05) is 32.0 Å². The molecule has 0 aliphatic heterocycles. The normalized spacial score (nSPS) is 12.7. The highest BCUT2D eigenvalue weighted by atomic mass is 16.3. The molecule has 0 radical (unpaired) electrons. The Kier molecular flexibility index (Phi) is 2.56. The Bertz CT molecular complexity index is 448. The lowest BCUT2D eigenvalue weighted by Crippen LogP contribution is -2.11. The predicted octanol–water partition coefficient (Wildman–Crippen LogP) is 2.34. The second-order valence-electron chi connectivity index (χ2n) is 3.63. The minimum Gasteiger partial charge on any atom is -0.466 e. The fourth-order valence-electron chi connectivity index (χ4n) is 1.71. The standard InChI is InChI=1S/C12H14N2O/c1-8-7-11(9(2)15-8)12(13)10-3-5-14-6-4-10/h3-7,12H,13H2,1-2H3. The molecule has 2 rings (SSSR count). The maximum absolute atomic E-state index is 6.14. The Morgan fingerprint density at radius 1 is 1.27 bits per heavy atom. The first-order valence-corrected chi connectivity index (χ1v) is 4.91. The molecule has 0 amide bonds. The molecule has 0 saturated heterocycles. The van der Waals surface area contributed by atoms with Gasteiger partial charge in [-0.3, -0.25) is 4.98 Å². The van der Waals surface area contributed by atoms with E-state index in [4.69, 9.17) is 10.2 Å².